The molecule has 4 aromatic heterocycles. The van der Waals surface area contributed by atoms with Gasteiger partial charge in [0, 0.05) is 61.2 Å². The smallest absolute Gasteiger partial charge is 0.390 e. The zero-order valence-electron chi connectivity index (χ0n) is 38.8. The van der Waals surface area contributed by atoms with Crippen LogP contribution in [-0.4, -0.2) is 84.5 Å². The Hall–Kier alpha value is -8.34. The van der Waals surface area contributed by atoms with E-state index in [1.165, 1.54) is 82.1 Å². The number of fused-ring (bicyclic) bond motifs is 2. The molecule has 1 amide bonds. The Kier molecular flexibility index (Phi) is 14.5. The molecule has 1 saturated carbocycles. The van der Waals surface area contributed by atoms with Crippen LogP contribution in [0.25, 0.3) is 33.8 Å². The maximum Gasteiger partial charge on any atom is 0.390 e. The predicted octanol–water partition coefficient (Wildman–Crippen LogP) is 11.6. The first kappa shape index (κ1) is 51.0. The van der Waals surface area contributed by atoms with Crippen molar-refractivity contribution in [2.24, 2.45) is 0 Å². The number of amides is 1. The lowest BCUT2D eigenvalue weighted by Gasteiger charge is -2.16. The topological polar surface area (TPSA) is 179 Å². The van der Waals surface area contributed by atoms with E-state index in [1.54, 1.807) is 51.3 Å². The molecule has 0 bridgehead atoms. The normalized spacial score (nSPS) is 13.0. The van der Waals surface area contributed by atoms with E-state index < -0.39 is 61.6 Å². The minimum absolute atomic E-state index is 0.00858. The van der Waals surface area contributed by atoms with Gasteiger partial charge >= 0.3 is 18.3 Å². The maximum atomic E-state index is 13.7. The number of anilines is 2. The van der Waals surface area contributed by atoms with Crippen LogP contribution in [0.4, 0.5) is 46.5 Å². The summed E-state index contributed by atoms with van der Waals surface area (Å²) in [5.74, 6) is -2.04. The summed E-state index contributed by atoms with van der Waals surface area (Å²) in [7, 11) is 1.56. The highest BCUT2D eigenvalue weighted by atomic mass is 19.4. The molecule has 0 unspecified atom stereocenters. The molecule has 4 heterocycles. The van der Waals surface area contributed by atoms with Gasteiger partial charge in [-0.05, 0) is 86.3 Å². The molecule has 0 aliphatic heterocycles. The number of methoxy groups -OCH3 is 1. The number of carboxylic acids is 1. The second-order valence-corrected chi connectivity index (χ2v) is 16.8. The molecular formula is C50H43F8N9O6. The van der Waals surface area contributed by atoms with Crippen molar-refractivity contribution in [1.29, 1.82) is 0 Å². The number of alkyl halides is 6. The summed E-state index contributed by atoms with van der Waals surface area (Å²) in [5, 5.41) is 26.5. The molecule has 1 aliphatic carbocycles. The summed E-state index contributed by atoms with van der Waals surface area (Å²) < 4.78 is 123. The van der Waals surface area contributed by atoms with Gasteiger partial charge in [-0.15, -0.1) is 10.2 Å². The van der Waals surface area contributed by atoms with Gasteiger partial charge in [-0.2, -0.15) is 26.3 Å². The SMILES string of the molecule is COC1(NC(=O)c2ccc(-c3cnc4c(NCCC(F)(F)F)cc(Oc5cccc(F)c5)nn34)cc2C)CC1.Cc1cc(-c2cnc3c(NCCC(F)(F)F)cc(Oc4cccc(F)c4)nn23)ccc1C(=O)O. The second-order valence-electron chi connectivity index (χ2n) is 16.8. The number of benzene rings is 4. The lowest BCUT2D eigenvalue weighted by atomic mass is 10.0. The van der Waals surface area contributed by atoms with Gasteiger partial charge in [-0.25, -0.2) is 32.6 Å². The van der Waals surface area contributed by atoms with Crippen molar-refractivity contribution in [2.45, 2.75) is 57.6 Å². The van der Waals surface area contributed by atoms with Gasteiger partial charge in [0.25, 0.3) is 5.91 Å². The number of nitrogens with zero attached hydrogens (tertiary/aromatic N) is 6. The summed E-state index contributed by atoms with van der Waals surface area (Å²) in [4.78, 5) is 32.8. The van der Waals surface area contributed by atoms with Gasteiger partial charge in [0.05, 0.1) is 53.6 Å². The Bertz CT molecular complexity index is 3340. The Labute approximate surface area is 409 Å². The summed E-state index contributed by atoms with van der Waals surface area (Å²) in [5.41, 5.74) is 4.44. The number of imidazole rings is 2. The number of aromatic carboxylic acids is 1. The van der Waals surface area contributed by atoms with Gasteiger partial charge in [0.1, 0.15) is 28.9 Å². The molecule has 0 spiro atoms. The molecule has 4 aromatic carbocycles. The summed E-state index contributed by atoms with van der Waals surface area (Å²) >= 11 is 0. The summed E-state index contributed by atoms with van der Waals surface area (Å²) in [6.45, 7) is 2.64. The van der Waals surface area contributed by atoms with E-state index in [0.717, 1.165) is 18.9 Å². The Morgan fingerprint density at radius 3 is 1.49 bits per heavy atom. The van der Waals surface area contributed by atoms with E-state index >= 15 is 0 Å². The van der Waals surface area contributed by atoms with Crippen LogP contribution in [0.2, 0.25) is 0 Å². The highest BCUT2D eigenvalue weighted by Crippen LogP contribution is 2.37. The maximum absolute atomic E-state index is 13.7. The highest BCUT2D eigenvalue weighted by Gasteiger charge is 2.44. The fourth-order valence-corrected chi connectivity index (χ4v) is 7.53. The third-order valence-corrected chi connectivity index (χ3v) is 11.3. The van der Waals surface area contributed by atoms with Crippen LogP contribution in [0, 0.1) is 25.5 Å². The number of nitrogens with one attached hydrogen (secondary N) is 3. The first-order valence-electron chi connectivity index (χ1n) is 22.3. The molecule has 1 fully saturated rings. The van der Waals surface area contributed by atoms with E-state index in [2.05, 4.69) is 36.1 Å². The molecule has 8 aromatic rings. The van der Waals surface area contributed by atoms with Crippen molar-refractivity contribution in [3.8, 4) is 45.8 Å². The average molecular weight is 1020 g/mol. The average Bonchev–Trinajstić information content (AvgIpc) is 3.73. The number of carbonyl (C=O) groups excluding carboxylic acids is 1. The van der Waals surface area contributed by atoms with E-state index in [0.29, 0.717) is 39.2 Å². The third-order valence-electron chi connectivity index (χ3n) is 11.3. The predicted molar refractivity (Wildman–Crippen MR) is 251 cm³/mol. The highest BCUT2D eigenvalue weighted by molar-refractivity contribution is 5.97. The molecule has 15 nitrogen and oxygen atoms in total. The Balaban J connectivity index is 0.000000197. The van der Waals surface area contributed by atoms with Gasteiger partial charge in [0.2, 0.25) is 11.8 Å². The van der Waals surface area contributed by atoms with Crippen molar-refractivity contribution in [3.05, 3.63) is 143 Å². The van der Waals surface area contributed by atoms with Crippen LogP contribution in [-0.2, 0) is 4.74 Å². The molecule has 0 atom stereocenters. The van der Waals surface area contributed by atoms with Crippen LogP contribution in [0.1, 0.15) is 57.5 Å². The largest absolute Gasteiger partial charge is 0.478 e. The zero-order chi connectivity index (χ0) is 52.2. The monoisotopic (exact) mass is 1020 g/mol. The quantitative estimate of drug-likeness (QED) is 0.0533. The number of hydrogen-bond acceptors (Lipinski definition) is 11. The van der Waals surface area contributed by atoms with Crippen molar-refractivity contribution in [2.75, 3.05) is 30.8 Å². The van der Waals surface area contributed by atoms with Crippen molar-refractivity contribution >= 4 is 34.5 Å². The van der Waals surface area contributed by atoms with Crippen LogP contribution in [0.15, 0.2) is 109 Å². The molecule has 4 N–H and O–H groups in total. The number of carboxylic acid groups (broad SMARTS) is 1. The summed E-state index contributed by atoms with van der Waals surface area (Å²) in [6, 6.07) is 23.4. The van der Waals surface area contributed by atoms with Crippen molar-refractivity contribution in [3.63, 3.8) is 0 Å². The Morgan fingerprint density at radius 2 is 1.11 bits per heavy atom. The third kappa shape index (κ3) is 12.6. The van der Waals surface area contributed by atoms with Crippen LogP contribution in [0.5, 0.6) is 23.3 Å². The van der Waals surface area contributed by atoms with Crippen LogP contribution >= 0.6 is 0 Å². The van der Waals surface area contributed by atoms with Crippen molar-refractivity contribution in [1.82, 2.24) is 34.5 Å². The molecular weight excluding hydrogens is 975 g/mol. The van der Waals surface area contributed by atoms with Crippen LogP contribution < -0.4 is 25.4 Å². The number of hydrogen-bond donors (Lipinski definition) is 4. The molecule has 73 heavy (non-hydrogen) atoms. The minimum Gasteiger partial charge on any atom is -0.478 e. The lowest BCUT2D eigenvalue weighted by molar-refractivity contribution is -0.132. The molecule has 0 radical (unpaired) electrons. The van der Waals surface area contributed by atoms with E-state index in [-0.39, 0.29) is 57.4 Å². The first-order valence-corrected chi connectivity index (χ1v) is 22.3. The molecule has 9 rings (SSSR count). The molecule has 380 valence electrons. The molecule has 23 heteroatoms. The van der Waals surface area contributed by atoms with Crippen molar-refractivity contribution < 1.29 is 64.0 Å². The fraction of sp³-hybridized carbons (Fsp3) is 0.240. The molecule has 1 aliphatic rings. The van der Waals surface area contributed by atoms with Gasteiger partial charge in [0.15, 0.2) is 11.3 Å². The standard InChI is InChI=1S/C27H25F4N5O3.C23H18F4N4O3/c1-16-12-17(6-7-20(16)25(37)34-26(38-2)8-9-26)22-15-33-24-21(32-11-10-27(29,30)31)14-23(35-36(22)24)39-19-5-3-4-18(28)13-19;1-13-9-14(5-6-17(13)22(32)33)19-12-29-21-18(28-8-7-23(25,26)27)11-20(30-31(19)21)34-16-4-2-3-15(24)10-16/h3-7,12-15,32H,8-11H2,1-2H3,(H,34,37);2-6,9-12,28H,7-8H2,1H3,(H,32,33). The number of aromatic nitrogens is 6. The lowest BCUT2D eigenvalue weighted by Crippen LogP contribution is -2.38. The van der Waals surface area contributed by atoms with Gasteiger partial charge < -0.3 is 35.3 Å². The van der Waals surface area contributed by atoms with E-state index in [9.17, 15) is 49.8 Å². The number of ether oxygens (including phenoxy) is 3. The van der Waals surface area contributed by atoms with Gasteiger partial charge in [-0.3, -0.25) is 4.79 Å². The van der Waals surface area contributed by atoms with E-state index in [4.69, 9.17) is 14.2 Å². The van der Waals surface area contributed by atoms with Crippen LogP contribution in [0.3, 0.4) is 0 Å². The van der Waals surface area contributed by atoms with Gasteiger partial charge in [-0.1, -0.05) is 24.3 Å². The number of rotatable bonds is 16. The first-order chi connectivity index (χ1) is 34.7. The number of halogens is 8. The van der Waals surface area contributed by atoms with E-state index in [1.807, 2.05) is 0 Å². The Morgan fingerprint density at radius 1 is 0.658 bits per heavy atom. The summed E-state index contributed by atoms with van der Waals surface area (Å²) in [6.07, 6.45) is -6.31. The molecule has 0 saturated heterocycles. The number of carbonyl (C=O) groups is 2. The fourth-order valence-electron chi connectivity index (χ4n) is 7.53. The second kappa shape index (κ2) is 20.8. The zero-order valence-corrected chi connectivity index (χ0v) is 38.8. The number of aryl methyl sites for hydroxylation is 2. The minimum atomic E-state index is -4.35.